The topological polar surface area (TPSA) is 15.3 Å². The highest BCUT2D eigenvalue weighted by Crippen LogP contribution is 2.10. The van der Waals surface area contributed by atoms with Crippen LogP contribution >= 0.6 is 0 Å². The molecule has 1 saturated heterocycles. The van der Waals surface area contributed by atoms with Crippen LogP contribution in [0.25, 0.3) is 0 Å². The lowest BCUT2D eigenvalue weighted by Crippen LogP contribution is -2.38. The van der Waals surface area contributed by atoms with Crippen molar-refractivity contribution in [2.75, 3.05) is 26.2 Å². The second-order valence-electron chi connectivity index (χ2n) is 3.75. The molecule has 0 aromatic heterocycles. The summed E-state index contributed by atoms with van der Waals surface area (Å²) in [5, 5.41) is 3.38. The molecule has 2 heteroatoms. The molecule has 1 heterocycles. The van der Waals surface area contributed by atoms with Crippen molar-refractivity contribution in [2.45, 2.75) is 32.2 Å². The van der Waals surface area contributed by atoms with E-state index >= 15 is 0 Å². The number of nitrogens with zero attached hydrogens (tertiary/aromatic N) is 1. The molecule has 0 aromatic carbocycles. The summed E-state index contributed by atoms with van der Waals surface area (Å²) in [5.41, 5.74) is 0. The summed E-state index contributed by atoms with van der Waals surface area (Å²) in [4.78, 5) is 2.54. The second kappa shape index (κ2) is 6.01. The van der Waals surface area contributed by atoms with Gasteiger partial charge in [0, 0.05) is 25.6 Å². The molecule has 0 aromatic rings. The van der Waals surface area contributed by atoms with Gasteiger partial charge in [0.25, 0.3) is 0 Å². The first-order valence-electron chi connectivity index (χ1n) is 5.23. The number of nitrogens with one attached hydrogen (secondary N) is 1. The second-order valence-corrected chi connectivity index (χ2v) is 3.75. The van der Waals surface area contributed by atoms with Gasteiger partial charge in [0.05, 0.1) is 0 Å². The quantitative estimate of drug-likeness (QED) is 0.503. The lowest BCUT2D eigenvalue weighted by Gasteiger charge is -2.23. The Bertz CT molecular complexity index is 165. The zero-order valence-corrected chi connectivity index (χ0v) is 8.55. The Labute approximate surface area is 81.7 Å². The molecule has 0 aliphatic carbocycles. The first-order valence-corrected chi connectivity index (χ1v) is 5.23. The lowest BCUT2D eigenvalue weighted by atomic mass is 10.3. The smallest absolute Gasteiger partial charge is 0.0211 e. The standard InChI is InChI=1S/C11H20N2/c1-3-4-7-12-10-11(2)13-8-5-6-9-13/h1,11-12H,4-10H2,2H3. The van der Waals surface area contributed by atoms with Gasteiger partial charge in [0.2, 0.25) is 0 Å². The van der Waals surface area contributed by atoms with Gasteiger partial charge in [-0.25, -0.2) is 0 Å². The van der Waals surface area contributed by atoms with E-state index in [9.17, 15) is 0 Å². The first-order chi connectivity index (χ1) is 6.34. The fraction of sp³-hybridized carbons (Fsp3) is 0.818. The monoisotopic (exact) mass is 180 g/mol. The molecule has 1 unspecified atom stereocenters. The van der Waals surface area contributed by atoms with E-state index in [0.717, 1.165) is 19.5 Å². The van der Waals surface area contributed by atoms with E-state index < -0.39 is 0 Å². The van der Waals surface area contributed by atoms with Crippen molar-refractivity contribution < 1.29 is 0 Å². The highest BCUT2D eigenvalue weighted by Gasteiger charge is 2.16. The molecule has 0 bridgehead atoms. The van der Waals surface area contributed by atoms with Crippen molar-refractivity contribution in [3.8, 4) is 12.3 Å². The maximum atomic E-state index is 5.17. The zero-order valence-electron chi connectivity index (χ0n) is 8.55. The van der Waals surface area contributed by atoms with Gasteiger partial charge in [-0.2, -0.15) is 0 Å². The minimum Gasteiger partial charge on any atom is -0.314 e. The van der Waals surface area contributed by atoms with Gasteiger partial charge < -0.3 is 5.32 Å². The third kappa shape index (κ3) is 3.80. The van der Waals surface area contributed by atoms with Crippen molar-refractivity contribution in [2.24, 2.45) is 0 Å². The average molecular weight is 180 g/mol. The third-order valence-electron chi connectivity index (χ3n) is 2.65. The van der Waals surface area contributed by atoms with Gasteiger partial charge in [-0.15, -0.1) is 12.3 Å². The number of terminal acetylenes is 1. The summed E-state index contributed by atoms with van der Waals surface area (Å²) in [6.07, 6.45) is 8.75. The minimum absolute atomic E-state index is 0.667. The van der Waals surface area contributed by atoms with Gasteiger partial charge in [-0.3, -0.25) is 4.90 Å². The summed E-state index contributed by atoms with van der Waals surface area (Å²) < 4.78 is 0. The van der Waals surface area contributed by atoms with E-state index in [1.54, 1.807) is 0 Å². The van der Waals surface area contributed by atoms with Crippen LogP contribution in [0.2, 0.25) is 0 Å². The Morgan fingerprint density at radius 3 is 2.77 bits per heavy atom. The summed E-state index contributed by atoms with van der Waals surface area (Å²) in [7, 11) is 0. The molecule has 0 saturated carbocycles. The van der Waals surface area contributed by atoms with Gasteiger partial charge >= 0.3 is 0 Å². The number of rotatable bonds is 5. The fourth-order valence-corrected chi connectivity index (χ4v) is 1.78. The highest BCUT2D eigenvalue weighted by molar-refractivity contribution is 4.84. The molecule has 1 N–H and O–H groups in total. The average Bonchev–Trinajstić information content (AvgIpc) is 2.65. The van der Waals surface area contributed by atoms with Gasteiger partial charge in [0.15, 0.2) is 0 Å². The Hall–Kier alpha value is -0.520. The van der Waals surface area contributed by atoms with Crippen LogP contribution in [0.5, 0.6) is 0 Å². The Morgan fingerprint density at radius 2 is 2.15 bits per heavy atom. The van der Waals surface area contributed by atoms with E-state index in [4.69, 9.17) is 6.42 Å². The lowest BCUT2D eigenvalue weighted by molar-refractivity contribution is 0.252. The van der Waals surface area contributed by atoms with Gasteiger partial charge in [-0.05, 0) is 32.9 Å². The summed E-state index contributed by atoms with van der Waals surface area (Å²) in [5.74, 6) is 2.63. The molecule has 1 atom stereocenters. The van der Waals surface area contributed by atoms with Crippen LogP contribution in [0.15, 0.2) is 0 Å². The Balaban J connectivity index is 2.03. The van der Waals surface area contributed by atoms with Gasteiger partial charge in [0.1, 0.15) is 0 Å². The van der Waals surface area contributed by atoms with Crippen LogP contribution < -0.4 is 5.32 Å². The van der Waals surface area contributed by atoms with E-state index in [2.05, 4.69) is 23.1 Å². The minimum atomic E-state index is 0.667. The largest absolute Gasteiger partial charge is 0.314 e. The zero-order chi connectivity index (χ0) is 9.52. The highest BCUT2D eigenvalue weighted by atomic mass is 15.2. The van der Waals surface area contributed by atoms with Crippen molar-refractivity contribution in [1.82, 2.24) is 10.2 Å². The molecular weight excluding hydrogens is 160 g/mol. The fourth-order valence-electron chi connectivity index (χ4n) is 1.78. The first kappa shape index (κ1) is 10.6. The van der Waals surface area contributed by atoms with Crippen LogP contribution in [0.4, 0.5) is 0 Å². The maximum Gasteiger partial charge on any atom is 0.0211 e. The summed E-state index contributed by atoms with van der Waals surface area (Å²) in [6.45, 7) is 6.86. The van der Waals surface area contributed by atoms with Crippen LogP contribution in [-0.4, -0.2) is 37.1 Å². The van der Waals surface area contributed by atoms with E-state index in [0.29, 0.717) is 6.04 Å². The predicted octanol–water partition coefficient (Wildman–Crippen LogP) is 1.08. The molecule has 74 valence electrons. The van der Waals surface area contributed by atoms with Crippen LogP contribution in [0.1, 0.15) is 26.2 Å². The SMILES string of the molecule is C#CCCNCC(C)N1CCCC1. The third-order valence-corrected chi connectivity index (χ3v) is 2.65. The van der Waals surface area contributed by atoms with Crippen molar-refractivity contribution in [3.05, 3.63) is 0 Å². The number of hydrogen-bond acceptors (Lipinski definition) is 2. The van der Waals surface area contributed by atoms with Crippen LogP contribution in [-0.2, 0) is 0 Å². The number of likely N-dealkylation sites (tertiary alicyclic amines) is 1. The van der Waals surface area contributed by atoms with Crippen LogP contribution in [0, 0.1) is 12.3 Å². The summed E-state index contributed by atoms with van der Waals surface area (Å²) in [6, 6.07) is 0.667. The van der Waals surface area contributed by atoms with Crippen LogP contribution in [0.3, 0.4) is 0 Å². The number of hydrogen-bond donors (Lipinski definition) is 1. The molecule has 0 amide bonds. The van der Waals surface area contributed by atoms with Crippen molar-refractivity contribution in [1.29, 1.82) is 0 Å². The Morgan fingerprint density at radius 1 is 1.46 bits per heavy atom. The normalized spacial score (nSPS) is 20.0. The molecule has 1 rings (SSSR count). The molecule has 1 fully saturated rings. The Kier molecular flexibility index (Phi) is 4.88. The van der Waals surface area contributed by atoms with E-state index in [1.807, 2.05) is 0 Å². The van der Waals surface area contributed by atoms with Gasteiger partial charge in [-0.1, -0.05) is 0 Å². The molecule has 2 nitrogen and oxygen atoms in total. The maximum absolute atomic E-state index is 5.17. The molecule has 1 aliphatic heterocycles. The predicted molar refractivity (Wildman–Crippen MR) is 56.6 cm³/mol. The molecule has 13 heavy (non-hydrogen) atoms. The molecule has 0 spiro atoms. The summed E-state index contributed by atoms with van der Waals surface area (Å²) >= 11 is 0. The van der Waals surface area contributed by atoms with Crippen molar-refractivity contribution >= 4 is 0 Å². The van der Waals surface area contributed by atoms with Crippen molar-refractivity contribution in [3.63, 3.8) is 0 Å². The van der Waals surface area contributed by atoms with E-state index in [1.165, 1.54) is 25.9 Å². The molecular formula is C11H20N2. The van der Waals surface area contributed by atoms with E-state index in [-0.39, 0.29) is 0 Å². The molecule has 0 radical (unpaired) electrons. The molecule has 1 aliphatic rings.